The number of aliphatic hydroxyl groups excluding tert-OH is 4. The van der Waals surface area contributed by atoms with Gasteiger partial charge in [-0.25, -0.2) is 8.98 Å². The van der Waals surface area contributed by atoms with Gasteiger partial charge in [0.2, 0.25) is 0 Å². The van der Waals surface area contributed by atoms with Gasteiger partial charge in [0.15, 0.2) is 0 Å². The standard InChI is InChI=1S/C6H11NO9S/c7-6(4(11)3(10)2(9)1-8)5(12)15-17(13,14)16-6/h2-4,8-11H,1,7H2/t2-,3+,4-,6-/m1/s1. The van der Waals surface area contributed by atoms with Crippen LogP contribution in [0.1, 0.15) is 0 Å². The van der Waals surface area contributed by atoms with Gasteiger partial charge in [0.25, 0.3) is 5.72 Å². The molecule has 1 rings (SSSR count). The summed E-state index contributed by atoms with van der Waals surface area (Å²) in [6, 6.07) is 0. The van der Waals surface area contributed by atoms with Gasteiger partial charge in [-0.15, -0.1) is 0 Å². The molecule has 17 heavy (non-hydrogen) atoms. The van der Waals surface area contributed by atoms with Crippen molar-refractivity contribution in [1.82, 2.24) is 0 Å². The first-order valence-corrected chi connectivity index (χ1v) is 5.61. The maximum Gasteiger partial charge on any atom is 0.454 e. The van der Waals surface area contributed by atoms with Crippen LogP contribution in [-0.2, 0) is 23.6 Å². The smallest absolute Gasteiger partial charge is 0.394 e. The number of carbonyl (C=O) groups excluding carboxylic acids is 1. The van der Waals surface area contributed by atoms with Crippen molar-refractivity contribution < 1.29 is 42.0 Å². The molecule has 1 aliphatic rings. The summed E-state index contributed by atoms with van der Waals surface area (Å²) in [6.45, 7) is -0.948. The van der Waals surface area contributed by atoms with Crippen LogP contribution in [0.2, 0.25) is 0 Å². The number of hydrogen-bond donors (Lipinski definition) is 5. The topological polar surface area (TPSA) is 177 Å². The minimum absolute atomic E-state index is 0.948. The lowest BCUT2D eigenvalue weighted by atomic mass is 9.99. The van der Waals surface area contributed by atoms with E-state index in [1.165, 1.54) is 0 Å². The molecule has 1 saturated heterocycles. The van der Waals surface area contributed by atoms with Gasteiger partial charge in [0.1, 0.15) is 18.3 Å². The Labute approximate surface area is 95.5 Å². The van der Waals surface area contributed by atoms with Gasteiger partial charge in [0, 0.05) is 0 Å². The Hall–Kier alpha value is -0.820. The Morgan fingerprint density at radius 2 is 1.88 bits per heavy atom. The summed E-state index contributed by atoms with van der Waals surface area (Å²) < 4.78 is 29.3. The zero-order valence-electron chi connectivity index (χ0n) is 8.25. The fourth-order valence-corrected chi connectivity index (χ4v) is 1.97. The molecule has 0 saturated carbocycles. The van der Waals surface area contributed by atoms with Crippen molar-refractivity contribution in [2.24, 2.45) is 5.73 Å². The van der Waals surface area contributed by atoms with Crippen molar-refractivity contribution >= 4 is 16.4 Å². The molecule has 0 aliphatic carbocycles. The average molecular weight is 273 g/mol. The zero-order valence-corrected chi connectivity index (χ0v) is 9.07. The van der Waals surface area contributed by atoms with Crippen molar-refractivity contribution in [3.63, 3.8) is 0 Å². The van der Waals surface area contributed by atoms with E-state index in [-0.39, 0.29) is 0 Å². The van der Waals surface area contributed by atoms with Crippen LogP contribution in [0.15, 0.2) is 0 Å². The van der Waals surface area contributed by atoms with E-state index >= 15 is 0 Å². The van der Waals surface area contributed by atoms with Gasteiger partial charge in [-0.3, -0.25) is 5.73 Å². The molecule has 10 nitrogen and oxygen atoms in total. The summed E-state index contributed by atoms with van der Waals surface area (Å²) >= 11 is 0. The lowest BCUT2D eigenvalue weighted by Gasteiger charge is -2.28. The van der Waals surface area contributed by atoms with Crippen LogP contribution in [0.4, 0.5) is 0 Å². The summed E-state index contributed by atoms with van der Waals surface area (Å²) in [4.78, 5) is 11.1. The molecule has 0 aromatic heterocycles. The molecule has 0 unspecified atom stereocenters. The molecular weight excluding hydrogens is 262 g/mol. The Morgan fingerprint density at radius 3 is 2.24 bits per heavy atom. The van der Waals surface area contributed by atoms with E-state index in [0.29, 0.717) is 0 Å². The highest BCUT2D eigenvalue weighted by Gasteiger charge is 2.59. The first kappa shape index (κ1) is 14.2. The van der Waals surface area contributed by atoms with Crippen molar-refractivity contribution in [2.45, 2.75) is 24.0 Å². The van der Waals surface area contributed by atoms with E-state index in [1.54, 1.807) is 0 Å². The van der Waals surface area contributed by atoms with E-state index in [1.807, 2.05) is 0 Å². The first-order valence-electron chi connectivity index (χ1n) is 4.27. The molecule has 6 N–H and O–H groups in total. The number of carbonyl (C=O) groups is 1. The third-order valence-electron chi connectivity index (χ3n) is 2.08. The van der Waals surface area contributed by atoms with Crippen molar-refractivity contribution in [3.8, 4) is 0 Å². The van der Waals surface area contributed by atoms with E-state index in [0.717, 1.165) is 0 Å². The number of aliphatic hydroxyl groups is 4. The predicted octanol–water partition coefficient (Wildman–Crippen LogP) is -4.47. The third kappa shape index (κ3) is 2.55. The molecule has 0 bridgehead atoms. The van der Waals surface area contributed by atoms with Crippen LogP contribution in [0.3, 0.4) is 0 Å². The lowest BCUT2D eigenvalue weighted by molar-refractivity contribution is -0.168. The maximum absolute atomic E-state index is 11.1. The fourth-order valence-electron chi connectivity index (χ4n) is 1.12. The van der Waals surface area contributed by atoms with Crippen LogP contribution in [0.5, 0.6) is 0 Å². The van der Waals surface area contributed by atoms with Crippen LogP contribution < -0.4 is 5.73 Å². The molecule has 0 amide bonds. The minimum atomic E-state index is -4.70. The predicted molar refractivity (Wildman–Crippen MR) is 48.1 cm³/mol. The van der Waals surface area contributed by atoms with Crippen molar-refractivity contribution in [2.75, 3.05) is 6.61 Å². The summed E-state index contributed by atoms with van der Waals surface area (Å²) in [7, 11) is -4.70. The second-order valence-electron chi connectivity index (χ2n) is 3.34. The van der Waals surface area contributed by atoms with Gasteiger partial charge in [0.05, 0.1) is 6.61 Å². The Bertz CT molecular complexity index is 408. The van der Waals surface area contributed by atoms with Gasteiger partial charge >= 0.3 is 16.4 Å². The maximum atomic E-state index is 11.1. The summed E-state index contributed by atoms with van der Waals surface area (Å²) in [5.41, 5.74) is 2.27. The van der Waals surface area contributed by atoms with Gasteiger partial charge in [-0.1, -0.05) is 0 Å². The van der Waals surface area contributed by atoms with Crippen LogP contribution in [0.25, 0.3) is 0 Å². The Morgan fingerprint density at radius 1 is 1.35 bits per heavy atom. The molecule has 1 fully saturated rings. The number of rotatable bonds is 4. The molecule has 0 aromatic rings. The summed E-state index contributed by atoms with van der Waals surface area (Å²) in [5, 5.41) is 36.2. The fraction of sp³-hybridized carbons (Fsp3) is 0.833. The summed E-state index contributed by atoms with van der Waals surface area (Å²) in [5.74, 6) is -1.64. The highest BCUT2D eigenvalue weighted by molar-refractivity contribution is 7.82. The van der Waals surface area contributed by atoms with Gasteiger partial charge in [-0.2, -0.15) is 8.42 Å². The zero-order chi connectivity index (χ0) is 13.4. The second-order valence-corrected chi connectivity index (χ2v) is 4.49. The molecule has 1 aliphatic heterocycles. The normalized spacial score (nSPS) is 32.9. The Balaban J connectivity index is 2.96. The molecule has 4 atom stereocenters. The molecule has 0 spiro atoms. The average Bonchev–Trinajstić information content (AvgIpc) is 2.45. The second kappa shape index (κ2) is 4.45. The van der Waals surface area contributed by atoms with E-state index in [2.05, 4.69) is 8.37 Å². The molecule has 100 valence electrons. The quantitative estimate of drug-likeness (QED) is 0.335. The molecule has 1 heterocycles. The lowest BCUT2D eigenvalue weighted by Crippen LogP contribution is -2.62. The molecular formula is C6H11NO9S. The number of hydrogen-bond acceptors (Lipinski definition) is 10. The highest BCUT2D eigenvalue weighted by atomic mass is 32.3. The largest absolute Gasteiger partial charge is 0.454 e. The van der Waals surface area contributed by atoms with Crippen LogP contribution >= 0.6 is 0 Å². The highest BCUT2D eigenvalue weighted by Crippen LogP contribution is 2.27. The third-order valence-corrected chi connectivity index (χ3v) is 2.92. The molecule has 0 aromatic carbocycles. The first-order chi connectivity index (χ1) is 7.64. The Kier molecular flexibility index (Phi) is 3.73. The van der Waals surface area contributed by atoms with Crippen LogP contribution in [-0.4, -0.2) is 65.5 Å². The van der Waals surface area contributed by atoms with E-state index in [9.17, 15) is 23.4 Å². The van der Waals surface area contributed by atoms with Gasteiger partial charge < -0.3 is 24.6 Å². The monoisotopic (exact) mass is 273 g/mol. The van der Waals surface area contributed by atoms with Crippen molar-refractivity contribution in [1.29, 1.82) is 0 Å². The minimum Gasteiger partial charge on any atom is -0.394 e. The summed E-state index contributed by atoms with van der Waals surface area (Å²) in [6.07, 6.45) is -6.26. The van der Waals surface area contributed by atoms with E-state index in [4.69, 9.17) is 15.9 Å². The van der Waals surface area contributed by atoms with Crippen molar-refractivity contribution in [3.05, 3.63) is 0 Å². The van der Waals surface area contributed by atoms with E-state index < -0.39 is 47.0 Å². The number of nitrogens with two attached hydrogens (primary N) is 1. The SMILES string of the molecule is N[C@]1([C@H](O)[C@@H](O)[C@H](O)CO)OS(=O)(=O)OC1=O. The van der Waals surface area contributed by atoms with Gasteiger partial charge in [-0.05, 0) is 0 Å². The molecule has 11 heteroatoms. The van der Waals surface area contributed by atoms with Crippen LogP contribution in [0, 0.1) is 0 Å². The molecule has 0 radical (unpaired) electrons.